The summed E-state index contributed by atoms with van der Waals surface area (Å²) in [6.45, 7) is -0.510. The van der Waals surface area contributed by atoms with Gasteiger partial charge in [-0.05, 0) is 59.7 Å². The molecule has 1 aliphatic heterocycles. The highest BCUT2D eigenvalue weighted by Crippen LogP contribution is 2.49. The van der Waals surface area contributed by atoms with Crippen molar-refractivity contribution in [2.45, 2.75) is 35.3 Å². The molecule has 10 heteroatoms. The molecule has 33 heavy (non-hydrogen) atoms. The number of rotatable bonds is 4. The molecule has 3 aromatic carbocycles. The molecule has 0 aromatic heterocycles. The zero-order valence-corrected chi connectivity index (χ0v) is 17.5. The van der Waals surface area contributed by atoms with E-state index < -0.39 is 23.5 Å². The SMILES string of the molecule is O=Cc1ccc2c(c1)Sc1cc(CO)ccc1N2Cc1cc(C(F)(F)F)cc(C(F)(F)F)c1. The van der Waals surface area contributed by atoms with E-state index in [-0.39, 0.29) is 24.8 Å². The van der Waals surface area contributed by atoms with Crippen LogP contribution in [0.5, 0.6) is 0 Å². The zero-order chi connectivity index (χ0) is 24.0. The highest BCUT2D eigenvalue weighted by molar-refractivity contribution is 7.99. The van der Waals surface area contributed by atoms with Crippen LogP contribution in [-0.2, 0) is 25.5 Å². The Labute approximate surface area is 188 Å². The molecule has 172 valence electrons. The van der Waals surface area contributed by atoms with Crippen molar-refractivity contribution in [2.75, 3.05) is 4.90 Å². The Bertz CT molecular complexity index is 1190. The van der Waals surface area contributed by atoms with Gasteiger partial charge in [0, 0.05) is 21.9 Å². The average Bonchev–Trinajstić information content (AvgIpc) is 2.76. The Morgan fingerprint density at radius 3 is 1.91 bits per heavy atom. The number of benzene rings is 3. The Balaban J connectivity index is 1.85. The van der Waals surface area contributed by atoms with Gasteiger partial charge < -0.3 is 10.0 Å². The lowest BCUT2D eigenvalue weighted by Gasteiger charge is -2.33. The average molecular weight is 483 g/mol. The second-order valence-corrected chi connectivity index (χ2v) is 8.49. The summed E-state index contributed by atoms with van der Waals surface area (Å²) in [5.41, 5.74) is -0.866. The Hall–Kier alpha value is -2.98. The van der Waals surface area contributed by atoms with Crippen LogP contribution in [0.15, 0.2) is 64.4 Å². The molecule has 0 atom stereocenters. The smallest absolute Gasteiger partial charge is 0.392 e. The monoisotopic (exact) mass is 483 g/mol. The first-order valence-corrected chi connectivity index (χ1v) is 10.4. The summed E-state index contributed by atoms with van der Waals surface area (Å²) in [7, 11) is 0. The first-order chi connectivity index (χ1) is 15.5. The van der Waals surface area contributed by atoms with Gasteiger partial charge in [0.1, 0.15) is 6.29 Å². The van der Waals surface area contributed by atoms with Gasteiger partial charge in [0.05, 0.1) is 29.1 Å². The molecular weight excluding hydrogens is 468 g/mol. The molecule has 3 nitrogen and oxygen atoms in total. The first kappa shape index (κ1) is 23.2. The van der Waals surface area contributed by atoms with E-state index in [0.29, 0.717) is 50.7 Å². The van der Waals surface area contributed by atoms with Gasteiger partial charge in [0.2, 0.25) is 0 Å². The number of hydrogen-bond donors (Lipinski definition) is 1. The molecule has 0 radical (unpaired) electrons. The van der Waals surface area contributed by atoms with E-state index in [1.807, 2.05) is 0 Å². The summed E-state index contributed by atoms with van der Waals surface area (Å²) in [5.74, 6) is 0. The molecule has 0 saturated carbocycles. The molecule has 0 saturated heterocycles. The number of fused-ring (bicyclic) bond motifs is 2. The van der Waals surface area contributed by atoms with E-state index in [1.165, 1.54) is 17.8 Å². The predicted octanol–water partition coefficient (Wildman–Crippen LogP) is 6.83. The highest BCUT2D eigenvalue weighted by Gasteiger charge is 2.37. The largest absolute Gasteiger partial charge is 0.416 e. The molecule has 4 rings (SSSR count). The fourth-order valence-electron chi connectivity index (χ4n) is 3.58. The number of carbonyl (C=O) groups is 1. The van der Waals surface area contributed by atoms with E-state index in [1.54, 1.807) is 35.2 Å². The van der Waals surface area contributed by atoms with E-state index >= 15 is 0 Å². The van der Waals surface area contributed by atoms with Gasteiger partial charge in [0.25, 0.3) is 0 Å². The Kier molecular flexibility index (Phi) is 5.92. The Morgan fingerprint density at radius 2 is 1.36 bits per heavy atom. The zero-order valence-electron chi connectivity index (χ0n) is 16.7. The fraction of sp³-hybridized carbons (Fsp3) is 0.174. The summed E-state index contributed by atoms with van der Waals surface area (Å²) in [6, 6.07) is 11.2. The summed E-state index contributed by atoms with van der Waals surface area (Å²) < 4.78 is 79.9. The van der Waals surface area contributed by atoms with E-state index in [4.69, 9.17) is 0 Å². The third-order valence-corrected chi connectivity index (χ3v) is 6.21. The topological polar surface area (TPSA) is 40.5 Å². The summed E-state index contributed by atoms with van der Waals surface area (Å²) in [6.07, 6.45) is -9.25. The van der Waals surface area contributed by atoms with Crippen LogP contribution in [0.25, 0.3) is 0 Å². The lowest BCUT2D eigenvalue weighted by atomic mass is 10.0. The molecule has 0 bridgehead atoms. The number of carbonyl (C=O) groups excluding carboxylic acids is 1. The molecule has 1 aliphatic rings. The van der Waals surface area contributed by atoms with Gasteiger partial charge in [-0.2, -0.15) is 26.3 Å². The van der Waals surface area contributed by atoms with Crippen molar-refractivity contribution in [2.24, 2.45) is 0 Å². The van der Waals surface area contributed by atoms with Crippen LogP contribution in [0.4, 0.5) is 37.7 Å². The highest BCUT2D eigenvalue weighted by atomic mass is 32.2. The maximum Gasteiger partial charge on any atom is 0.416 e. The van der Waals surface area contributed by atoms with Crippen LogP contribution in [0, 0.1) is 0 Å². The number of nitrogens with zero attached hydrogens (tertiary/aromatic N) is 1. The Morgan fingerprint density at radius 1 is 0.788 bits per heavy atom. The third kappa shape index (κ3) is 4.72. The van der Waals surface area contributed by atoms with E-state index in [9.17, 15) is 36.2 Å². The van der Waals surface area contributed by atoms with Gasteiger partial charge in [-0.25, -0.2) is 0 Å². The molecule has 0 spiro atoms. The van der Waals surface area contributed by atoms with Crippen molar-refractivity contribution in [3.8, 4) is 0 Å². The van der Waals surface area contributed by atoms with E-state index in [2.05, 4.69) is 0 Å². The second kappa shape index (κ2) is 8.42. The number of anilines is 2. The maximum atomic E-state index is 13.3. The maximum absolute atomic E-state index is 13.3. The lowest BCUT2D eigenvalue weighted by Crippen LogP contribution is -2.21. The minimum Gasteiger partial charge on any atom is -0.392 e. The van der Waals surface area contributed by atoms with Crippen LogP contribution >= 0.6 is 11.8 Å². The number of aliphatic hydroxyl groups is 1. The van der Waals surface area contributed by atoms with Crippen LogP contribution in [0.2, 0.25) is 0 Å². The minimum absolute atomic E-state index is 0.0985. The van der Waals surface area contributed by atoms with Crippen molar-refractivity contribution in [3.63, 3.8) is 0 Å². The normalized spacial score (nSPS) is 13.5. The lowest BCUT2D eigenvalue weighted by molar-refractivity contribution is -0.143. The van der Waals surface area contributed by atoms with Gasteiger partial charge in [-0.3, -0.25) is 4.79 Å². The van der Waals surface area contributed by atoms with Crippen LogP contribution < -0.4 is 4.90 Å². The second-order valence-electron chi connectivity index (χ2n) is 7.41. The van der Waals surface area contributed by atoms with Crippen molar-refractivity contribution in [1.29, 1.82) is 0 Å². The molecule has 0 amide bonds. The summed E-state index contributed by atoms with van der Waals surface area (Å²) >= 11 is 1.30. The summed E-state index contributed by atoms with van der Waals surface area (Å²) in [5, 5.41) is 9.45. The molecular formula is C23H15F6NO2S. The molecule has 1 heterocycles. The number of aldehydes is 1. The van der Waals surface area contributed by atoms with Crippen molar-refractivity contribution in [1.82, 2.24) is 0 Å². The van der Waals surface area contributed by atoms with Gasteiger partial charge in [-0.15, -0.1) is 0 Å². The molecule has 0 unspecified atom stereocenters. The van der Waals surface area contributed by atoms with Gasteiger partial charge in [-0.1, -0.05) is 17.8 Å². The number of alkyl halides is 6. The van der Waals surface area contributed by atoms with Crippen LogP contribution in [-0.4, -0.2) is 11.4 Å². The number of aliphatic hydroxyl groups excluding tert-OH is 1. The molecule has 0 fully saturated rings. The van der Waals surface area contributed by atoms with Crippen LogP contribution in [0.1, 0.15) is 32.6 Å². The number of halogens is 6. The number of hydrogen-bond acceptors (Lipinski definition) is 4. The minimum atomic E-state index is -4.95. The summed E-state index contributed by atoms with van der Waals surface area (Å²) in [4.78, 5) is 14.1. The standard InChI is InChI=1S/C23H15F6NO2S/c24-22(25,26)16-5-15(6-17(9-16)23(27,28)29)10-30-18-3-1-13(11-31)7-20(18)33-21-8-14(12-32)2-4-19(21)30/h1-9,11,32H,10,12H2. The van der Waals surface area contributed by atoms with Crippen molar-refractivity contribution in [3.05, 3.63) is 82.4 Å². The van der Waals surface area contributed by atoms with E-state index in [0.717, 1.165) is 0 Å². The third-order valence-electron chi connectivity index (χ3n) is 5.12. The quantitative estimate of drug-likeness (QED) is 0.326. The van der Waals surface area contributed by atoms with Crippen molar-refractivity contribution >= 4 is 29.4 Å². The van der Waals surface area contributed by atoms with Crippen LogP contribution in [0.3, 0.4) is 0 Å². The molecule has 0 aliphatic carbocycles. The van der Waals surface area contributed by atoms with Gasteiger partial charge in [0.15, 0.2) is 0 Å². The molecule has 1 N–H and O–H groups in total. The van der Waals surface area contributed by atoms with Gasteiger partial charge >= 0.3 is 12.4 Å². The van der Waals surface area contributed by atoms with Crippen molar-refractivity contribution < 1.29 is 36.2 Å². The molecule has 3 aromatic rings. The first-order valence-electron chi connectivity index (χ1n) is 9.56. The predicted molar refractivity (Wildman–Crippen MR) is 111 cm³/mol. The fourth-order valence-corrected chi connectivity index (χ4v) is 4.79.